The van der Waals surface area contributed by atoms with E-state index in [-0.39, 0.29) is 0 Å². The normalized spacial score (nSPS) is 14.7. The maximum atomic E-state index is 5.23. The Morgan fingerprint density at radius 3 is 3.56 bits per heavy atom. The molecule has 1 aliphatic heterocycles. The third kappa shape index (κ3) is 0.772. The molecule has 9 heavy (non-hydrogen) atoms. The highest BCUT2D eigenvalue weighted by Gasteiger charge is 2.13. The van der Waals surface area contributed by atoms with Gasteiger partial charge in [-0.25, -0.2) is 4.98 Å². The number of nitrogens with one attached hydrogen (secondary N) is 1. The molecule has 0 aliphatic carbocycles. The van der Waals surface area contributed by atoms with E-state index in [4.69, 9.17) is 4.74 Å². The second-order valence-electron chi connectivity index (χ2n) is 1.78. The van der Waals surface area contributed by atoms with Crippen molar-refractivity contribution in [3.63, 3.8) is 0 Å². The van der Waals surface area contributed by atoms with Crippen molar-refractivity contribution in [1.82, 2.24) is 0 Å². The fourth-order valence-electron chi connectivity index (χ4n) is 0.789. The quantitative estimate of drug-likeness (QED) is 0.535. The molecule has 0 fully saturated rings. The van der Waals surface area contributed by atoms with Crippen LogP contribution in [0.3, 0.4) is 0 Å². The molecule has 46 valence electrons. The number of hydrogen-bond acceptors (Lipinski definition) is 2. The van der Waals surface area contributed by atoms with Crippen LogP contribution in [0, 0.1) is 0 Å². The summed E-state index contributed by atoms with van der Waals surface area (Å²) in [6.07, 6.45) is 3.77. The Morgan fingerprint density at radius 2 is 2.67 bits per heavy atom. The molecule has 2 heterocycles. The van der Waals surface area contributed by atoms with Crippen LogP contribution in [0.1, 0.15) is 0 Å². The van der Waals surface area contributed by atoms with Crippen molar-refractivity contribution < 1.29 is 9.72 Å². The summed E-state index contributed by atoms with van der Waals surface area (Å²) < 4.78 is 5.23. The van der Waals surface area contributed by atoms with Gasteiger partial charge in [-0.3, -0.25) is 0 Å². The molecule has 2 nitrogen and oxygen atoms in total. The van der Waals surface area contributed by atoms with Gasteiger partial charge in [0.2, 0.25) is 6.20 Å². The first-order valence-corrected chi connectivity index (χ1v) is 3.71. The molecule has 0 amide bonds. The fraction of sp³-hybridized carbons (Fsp3) is 0.167. The number of ether oxygens (including phenoxy) is 1. The van der Waals surface area contributed by atoms with Gasteiger partial charge in [-0.1, -0.05) is 11.8 Å². The molecule has 1 aromatic rings. The van der Waals surface area contributed by atoms with Crippen molar-refractivity contribution in [3.8, 4) is 5.75 Å². The van der Waals surface area contributed by atoms with Gasteiger partial charge >= 0.3 is 0 Å². The first kappa shape index (κ1) is 5.11. The largest absolute Gasteiger partial charge is 0.475 e. The van der Waals surface area contributed by atoms with Crippen LogP contribution in [-0.2, 0) is 0 Å². The Morgan fingerprint density at radius 1 is 1.67 bits per heavy atom. The Balaban J connectivity index is 2.54. The minimum atomic E-state index is 0.757. The number of pyridine rings is 1. The minimum absolute atomic E-state index is 0.757. The Kier molecular flexibility index (Phi) is 1.09. The fourth-order valence-corrected chi connectivity index (χ4v) is 1.53. The number of hydrogen-bond donors (Lipinski definition) is 0. The summed E-state index contributed by atoms with van der Waals surface area (Å²) in [5, 5.41) is 0. The zero-order valence-electron chi connectivity index (χ0n) is 4.76. The number of aromatic amines is 1. The molecule has 0 saturated carbocycles. The number of rotatable bonds is 0. The van der Waals surface area contributed by atoms with E-state index in [1.165, 1.54) is 4.90 Å². The first-order valence-electron chi connectivity index (χ1n) is 2.72. The number of fused-ring (bicyclic) bond motifs is 1. The van der Waals surface area contributed by atoms with E-state index < -0.39 is 0 Å². The van der Waals surface area contributed by atoms with Gasteiger partial charge in [0.15, 0.2) is 11.9 Å². The van der Waals surface area contributed by atoms with Crippen LogP contribution in [0.15, 0.2) is 23.4 Å². The third-order valence-electron chi connectivity index (χ3n) is 1.22. The molecule has 0 radical (unpaired) electrons. The van der Waals surface area contributed by atoms with E-state index in [9.17, 15) is 0 Å². The van der Waals surface area contributed by atoms with Crippen LogP contribution in [-0.4, -0.2) is 5.94 Å². The summed E-state index contributed by atoms with van der Waals surface area (Å²) in [5.41, 5.74) is 0. The van der Waals surface area contributed by atoms with Crippen molar-refractivity contribution >= 4 is 11.8 Å². The summed E-state index contributed by atoms with van der Waals surface area (Å²) in [5.74, 6) is 1.73. The van der Waals surface area contributed by atoms with Gasteiger partial charge in [0, 0.05) is 6.07 Å². The smallest absolute Gasteiger partial charge is 0.210 e. The summed E-state index contributed by atoms with van der Waals surface area (Å²) in [6, 6.07) is 2.02. The van der Waals surface area contributed by atoms with Crippen LogP contribution >= 0.6 is 11.8 Å². The molecule has 1 aliphatic rings. The van der Waals surface area contributed by atoms with Gasteiger partial charge in [0.05, 0.1) is 4.90 Å². The van der Waals surface area contributed by atoms with Crippen molar-refractivity contribution in [3.05, 3.63) is 18.5 Å². The monoisotopic (exact) mass is 140 g/mol. The first-order chi connectivity index (χ1) is 4.47. The standard InChI is InChI=1S/C6H5NOS/c1-2-7-3-5-6(1)9-4-8-5/h1-3H,4H2/p+1. The van der Waals surface area contributed by atoms with Crippen molar-refractivity contribution in [2.45, 2.75) is 4.90 Å². The van der Waals surface area contributed by atoms with Crippen LogP contribution in [0.4, 0.5) is 0 Å². The predicted molar refractivity (Wildman–Crippen MR) is 34.3 cm³/mol. The molecule has 0 saturated heterocycles. The lowest BCUT2D eigenvalue weighted by atomic mass is 10.5. The predicted octanol–water partition coefficient (Wildman–Crippen LogP) is 0.943. The Labute approximate surface area is 57.2 Å². The van der Waals surface area contributed by atoms with Gasteiger partial charge in [-0.2, -0.15) is 0 Å². The second-order valence-corrected chi connectivity index (χ2v) is 2.74. The zero-order valence-corrected chi connectivity index (χ0v) is 5.57. The molecule has 0 bridgehead atoms. The van der Waals surface area contributed by atoms with Gasteiger partial charge < -0.3 is 4.74 Å². The average Bonchev–Trinajstić information content (AvgIpc) is 2.33. The van der Waals surface area contributed by atoms with E-state index in [0.717, 1.165) is 11.7 Å². The molecule has 0 unspecified atom stereocenters. The topological polar surface area (TPSA) is 23.4 Å². The highest BCUT2D eigenvalue weighted by molar-refractivity contribution is 7.99. The molecular formula is C6H6NOS+. The van der Waals surface area contributed by atoms with E-state index in [0.29, 0.717) is 0 Å². The van der Waals surface area contributed by atoms with Gasteiger partial charge in [0.1, 0.15) is 5.94 Å². The molecule has 2 rings (SSSR count). The maximum Gasteiger partial charge on any atom is 0.210 e. The second kappa shape index (κ2) is 1.92. The SMILES string of the molecule is c1cc2c(c[nH+]1)OCS2. The van der Waals surface area contributed by atoms with Crippen LogP contribution < -0.4 is 9.72 Å². The molecule has 0 aromatic carbocycles. The highest BCUT2D eigenvalue weighted by atomic mass is 32.2. The van der Waals surface area contributed by atoms with E-state index >= 15 is 0 Å². The van der Waals surface area contributed by atoms with E-state index in [1.54, 1.807) is 11.8 Å². The van der Waals surface area contributed by atoms with Crippen molar-refractivity contribution in [1.29, 1.82) is 0 Å². The van der Waals surface area contributed by atoms with Crippen LogP contribution in [0.2, 0.25) is 0 Å². The number of H-pyrrole nitrogens is 1. The number of aromatic nitrogens is 1. The Bertz CT molecular complexity index is 203. The average molecular weight is 140 g/mol. The molecule has 1 aromatic heterocycles. The maximum absolute atomic E-state index is 5.23. The van der Waals surface area contributed by atoms with Crippen LogP contribution in [0.25, 0.3) is 0 Å². The molecule has 3 heteroatoms. The highest BCUT2D eigenvalue weighted by Crippen LogP contribution is 2.33. The summed E-state index contributed by atoms with van der Waals surface area (Å²) >= 11 is 1.73. The molecule has 0 spiro atoms. The van der Waals surface area contributed by atoms with Crippen molar-refractivity contribution in [2.24, 2.45) is 0 Å². The summed E-state index contributed by atoms with van der Waals surface area (Å²) in [7, 11) is 0. The Hall–Kier alpha value is -0.700. The van der Waals surface area contributed by atoms with Crippen molar-refractivity contribution in [2.75, 3.05) is 5.94 Å². The lowest BCUT2D eigenvalue weighted by Crippen LogP contribution is -1.98. The van der Waals surface area contributed by atoms with E-state index in [1.807, 2.05) is 18.5 Å². The lowest BCUT2D eigenvalue weighted by molar-refractivity contribution is -0.379. The molecule has 1 N–H and O–H groups in total. The molecule has 0 atom stereocenters. The molecular weight excluding hydrogens is 134 g/mol. The summed E-state index contributed by atoms with van der Waals surface area (Å²) in [4.78, 5) is 4.18. The van der Waals surface area contributed by atoms with Gasteiger partial charge in [0.25, 0.3) is 0 Å². The van der Waals surface area contributed by atoms with E-state index in [2.05, 4.69) is 4.98 Å². The summed E-state index contributed by atoms with van der Waals surface area (Å²) in [6.45, 7) is 0. The number of thioether (sulfide) groups is 1. The van der Waals surface area contributed by atoms with Gasteiger partial charge in [-0.15, -0.1) is 0 Å². The minimum Gasteiger partial charge on any atom is -0.475 e. The van der Waals surface area contributed by atoms with Crippen LogP contribution in [0.5, 0.6) is 5.75 Å². The van der Waals surface area contributed by atoms with Gasteiger partial charge in [-0.05, 0) is 0 Å². The lowest BCUT2D eigenvalue weighted by Gasteiger charge is -1.87. The third-order valence-corrected chi connectivity index (χ3v) is 2.10. The zero-order chi connectivity index (χ0) is 6.10.